The normalized spacial score (nSPS) is 11.9. The number of hydrogen-bond donors (Lipinski definition) is 4. The van der Waals surface area contributed by atoms with Crippen LogP contribution in [0.2, 0.25) is 0 Å². The highest BCUT2D eigenvalue weighted by Crippen LogP contribution is 2.32. The zero-order chi connectivity index (χ0) is 19.3. The number of benzene rings is 2. The number of ether oxygens (including phenoxy) is 1. The van der Waals surface area contributed by atoms with Crippen LogP contribution in [0.15, 0.2) is 30.3 Å². The van der Waals surface area contributed by atoms with Gasteiger partial charge in [0.25, 0.3) is 5.91 Å². The first kappa shape index (κ1) is 20.4. The largest absolute Gasteiger partial charge is 0.493 e. The lowest BCUT2D eigenvalue weighted by Crippen LogP contribution is -2.19. The minimum absolute atomic E-state index is 0.0861. The maximum absolute atomic E-state index is 14.1. The molecule has 1 amide bonds. The Kier molecular flexibility index (Phi) is 7.18. The molecule has 6 nitrogen and oxygen atoms in total. The van der Waals surface area contributed by atoms with Crippen LogP contribution < -0.4 is 15.8 Å². The van der Waals surface area contributed by atoms with Gasteiger partial charge < -0.3 is 26.0 Å². The number of aliphatic hydroxyl groups excluding tert-OH is 2. The van der Waals surface area contributed by atoms with Crippen molar-refractivity contribution in [3.63, 3.8) is 0 Å². The summed E-state index contributed by atoms with van der Waals surface area (Å²) in [6.45, 7) is 1.51. The van der Waals surface area contributed by atoms with Gasteiger partial charge in [-0.15, -0.1) is 0 Å². The molecule has 0 aliphatic carbocycles. The van der Waals surface area contributed by atoms with Crippen molar-refractivity contribution in [1.82, 2.24) is 0 Å². The molecule has 0 saturated heterocycles. The Morgan fingerprint density at radius 1 is 1.35 bits per heavy atom. The Morgan fingerprint density at radius 2 is 2.08 bits per heavy atom. The van der Waals surface area contributed by atoms with E-state index in [2.05, 4.69) is 5.32 Å². The summed E-state index contributed by atoms with van der Waals surface area (Å²) in [5, 5.41) is 21.1. The molecule has 26 heavy (non-hydrogen) atoms. The number of nitrogens with two attached hydrogens (primary N) is 1. The second kappa shape index (κ2) is 9.15. The lowest BCUT2D eigenvalue weighted by molar-refractivity contribution is 0.0751. The van der Waals surface area contributed by atoms with Crippen LogP contribution >= 0.6 is 22.6 Å². The second-order valence-corrected chi connectivity index (χ2v) is 7.02. The van der Waals surface area contributed by atoms with Crippen LogP contribution in [0.1, 0.15) is 22.3 Å². The Labute approximate surface area is 164 Å². The third kappa shape index (κ3) is 5.29. The van der Waals surface area contributed by atoms with Gasteiger partial charge >= 0.3 is 0 Å². The fraction of sp³-hybridized carbons (Fsp3) is 0.278. The van der Waals surface area contributed by atoms with Crippen molar-refractivity contribution < 1.29 is 24.1 Å². The fourth-order valence-corrected chi connectivity index (χ4v) is 2.81. The molecule has 140 valence electrons. The van der Waals surface area contributed by atoms with E-state index in [0.717, 1.165) is 9.13 Å². The van der Waals surface area contributed by atoms with Gasteiger partial charge in [0.2, 0.25) is 0 Å². The van der Waals surface area contributed by atoms with Crippen molar-refractivity contribution in [3.8, 4) is 5.75 Å². The van der Waals surface area contributed by atoms with Gasteiger partial charge in [0, 0.05) is 9.99 Å². The Hall–Kier alpha value is -1.91. The van der Waals surface area contributed by atoms with Crippen LogP contribution in [0.5, 0.6) is 5.75 Å². The molecular formula is C18H20FIN2O4. The highest BCUT2D eigenvalue weighted by atomic mass is 127. The zero-order valence-electron chi connectivity index (χ0n) is 14.1. The molecule has 5 N–H and O–H groups in total. The summed E-state index contributed by atoms with van der Waals surface area (Å²) in [5.41, 5.74) is 6.90. The van der Waals surface area contributed by atoms with Gasteiger partial charge in [0.15, 0.2) is 0 Å². The first-order chi connectivity index (χ1) is 12.3. The lowest BCUT2D eigenvalue weighted by Gasteiger charge is -2.17. The van der Waals surface area contributed by atoms with E-state index in [0.29, 0.717) is 5.69 Å². The van der Waals surface area contributed by atoms with Gasteiger partial charge in [-0.3, -0.25) is 4.79 Å². The third-order valence-corrected chi connectivity index (χ3v) is 4.28. The topological polar surface area (TPSA) is 105 Å². The smallest absolute Gasteiger partial charge is 0.254 e. The number of amides is 1. The van der Waals surface area contributed by atoms with Crippen molar-refractivity contribution in [2.45, 2.75) is 19.4 Å². The van der Waals surface area contributed by atoms with E-state index in [1.54, 1.807) is 31.2 Å². The molecule has 0 unspecified atom stereocenters. The molecule has 0 saturated carbocycles. The van der Waals surface area contributed by atoms with Gasteiger partial charge in [0.05, 0.1) is 30.7 Å². The molecule has 8 heteroatoms. The van der Waals surface area contributed by atoms with Crippen LogP contribution in [0.3, 0.4) is 0 Å². The minimum atomic E-state index is -0.907. The molecule has 0 aliphatic rings. The average Bonchev–Trinajstić information content (AvgIpc) is 2.56. The Morgan fingerprint density at radius 3 is 2.69 bits per heavy atom. The van der Waals surface area contributed by atoms with Gasteiger partial charge in [0.1, 0.15) is 17.1 Å². The fourth-order valence-electron chi connectivity index (χ4n) is 2.35. The summed E-state index contributed by atoms with van der Waals surface area (Å²) in [7, 11) is 0. The summed E-state index contributed by atoms with van der Waals surface area (Å²) in [4.78, 5) is 12.0. The monoisotopic (exact) mass is 474 g/mol. The van der Waals surface area contributed by atoms with E-state index in [1.807, 2.05) is 22.6 Å². The van der Waals surface area contributed by atoms with Crippen molar-refractivity contribution in [2.75, 3.05) is 18.5 Å². The van der Waals surface area contributed by atoms with E-state index in [9.17, 15) is 14.3 Å². The maximum atomic E-state index is 14.1. The second-order valence-electron chi connectivity index (χ2n) is 5.77. The van der Waals surface area contributed by atoms with E-state index in [4.69, 9.17) is 15.6 Å². The van der Waals surface area contributed by atoms with Gasteiger partial charge in [-0.1, -0.05) is 0 Å². The molecule has 2 aromatic rings. The maximum Gasteiger partial charge on any atom is 0.254 e. The third-order valence-electron chi connectivity index (χ3n) is 3.61. The molecule has 0 radical (unpaired) electrons. The molecule has 1 atom stereocenters. The first-order valence-corrected chi connectivity index (χ1v) is 8.98. The number of aliphatic hydroxyl groups is 2. The lowest BCUT2D eigenvalue weighted by atomic mass is 10.1. The molecule has 0 heterocycles. The Balaban J connectivity index is 2.34. The molecular weight excluding hydrogens is 454 g/mol. The van der Waals surface area contributed by atoms with Crippen LogP contribution in [-0.4, -0.2) is 35.4 Å². The minimum Gasteiger partial charge on any atom is -0.493 e. The van der Waals surface area contributed by atoms with Crippen molar-refractivity contribution in [2.24, 2.45) is 5.73 Å². The standard InChI is InChI=1S/C18H20FIN2O4/c1-10-6-15(22-14-3-2-11(20)8-13(14)19)17(18(21)25)16(7-10)26-5-4-12(24)9-23/h2-3,6-8,12,22-24H,4-5,9H2,1H3,(H2,21,25)/t12-/m1/s1. The summed E-state index contributed by atoms with van der Waals surface area (Å²) >= 11 is 2.00. The molecule has 0 aromatic heterocycles. The number of carbonyl (C=O) groups is 1. The zero-order valence-corrected chi connectivity index (χ0v) is 16.3. The predicted molar refractivity (Wildman–Crippen MR) is 105 cm³/mol. The van der Waals surface area contributed by atoms with Crippen molar-refractivity contribution in [3.05, 3.63) is 50.8 Å². The highest BCUT2D eigenvalue weighted by molar-refractivity contribution is 14.1. The number of nitrogens with one attached hydrogen (secondary N) is 1. The number of hydrogen-bond acceptors (Lipinski definition) is 5. The number of carbonyl (C=O) groups excluding carboxylic acids is 1. The summed E-state index contributed by atoms with van der Waals surface area (Å²) in [6.07, 6.45) is -0.715. The van der Waals surface area contributed by atoms with Crippen molar-refractivity contribution in [1.29, 1.82) is 0 Å². The number of anilines is 2. The Bertz CT molecular complexity index is 801. The van der Waals surface area contributed by atoms with Crippen LogP contribution in [-0.2, 0) is 0 Å². The average molecular weight is 474 g/mol. The molecule has 2 rings (SSSR count). The van der Waals surface area contributed by atoms with Gasteiger partial charge in [-0.2, -0.15) is 0 Å². The molecule has 0 aliphatic heterocycles. The van der Waals surface area contributed by atoms with Crippen LogP contribution in [0, 0.1) is 16.3 Å². The SMILES string of the molecule is Cc1cc(Nc2ccc(I)cc2F)c(C(N)=O)c(OCC[C@@H](O)CO)c1. The number of primary amides is 1. The van der Waals surface area contributed by atoms with E-state index in [1.165, 1.54) is 6.07 Å². The summed E-state index contributed by atoms with van der Waals surface area (Å²) in [6, 6.07) is 7.99. The molecule has 0 spiro atoms. The number of aryl methyl sites for hydroxylation is 1. The van der Waals surface area contributed by atoms with Crippen LogP contribution in [0.4, 0.5) is 15.8 Å². The van der Waals surface area contributed by atoms with Gasteiger partial charge in [-0.05, 0) is 65.4 Å². The predicted octanol–water partition coefficient (Wildman–Crippen LogP) is 2.70. The number of halogens is 2. The molecule has 0 bridgehead atoms. The number of rotatable bonds is 8. The van der Waals surface area contributed by atoms with E-state index in [-0.39, 0.29) is 36.6 Å². The molecule has 0 fully saturated rings. The van der Waals surface area contributed by atoms with Crippen LogP contribution in [0.25, 0.3) is 0 Å². The molecule has 2 aromatic carbocycles. The van der Waals surface area contributed by atoms with Gasteiger partial charge in [-0.25, -0.2) is 4.39 Å². The quantitative estimate of drug-likeness (QED) is 0.441. The highest BCUT2D eigenvalue weighted by Gasteiger charge is 2.18. The summed E-state index contributed by atoms with van der Waals surface area (Å²) < 4.78 is 20.5. The van der Waals surface area contributed by atoms with Crippen molar-refractivity contribution >= 4 is 39.9 Å². The first-order valence-electron chi connectivity index (χ1n) is 7.90. The van der Waals surface area contributed by atoms with E-state index >= 15 is 0 Å². The van der Waals surface area contributed by atoms with E-state index < -0.39 is 17.8 Å². The summed E-state index contributed by atoms with van der Waals surface area (Å²) in [5.74, 6) is -0.949.